The van der Waals surface area contributed by atoms with Gasteiger partial charge < -0.3 is 9.84 Å². The number of thioether (sulfide) groups is 1. The van der Waals surface area contributed by atoms with E-state index in [1.54, 1.807) is 0 Å². The molecule has 22 heavy (non-hydrogen) atoms. The molecule has 0 radical (unpaired) electrons. The maximum absolute atomic E-state index is 12.7. The molecule has 0 spiro atoms. The molecule has 0 bridgehead atoms. The number of carbonyl (C=O) groups excluding carboxylic acids is 3. The minimum absolute atomic E-state index is 0.0998. The van der Waals surface area contributed by atoms with Crippen LogP contribution in [0.3, 0.4) is 0 Å². The summed E-state index contributed by atoms with van der Waals surface area (Å²) in [5.74, 6) is -0.792. The molecule has 1 N–H and O–H groups in total. The number of hydrazine groups is 1. The van der Waals surface area contributed by atoms with Crippen molar-refractivity contribution in [1.82, 2.24) is 10.0 Å². The van der Waals surface area contributed by atoms with Crippen LogP contribution in [0.25, 0.3) is 0 Å². The Morgan fingerprint density at radius 2 is 2.09 bits per heavy atom. The molecule has 2 aliphatic heterocycles. The zero-order chi connectivity index (χ0) is 16.3. The lowest BCUT2D eigenvalue weighted by atomic mass is 10.0. The molecule has 2 saturated heterocycles. The summed E-state index contributed by atoms with van der Waals surface area (Å²) in [4.78, 5) is 46.7. The van der Waals surface area contributed by atoms with Gasteiger partial charge in [0, 0.05) is 32.1 Å². The summed E-state index contributed by atoms with van der Waals surface area (Å²) in [7, 11) is 0. The molecule has 0 saturated carbocycles. The quantitative estimate of drug-likeness (QED) is 0.772. The molecule has 2 rings (SSSR count). The van der Waals surface area contributed by atoms with Crippen LogP contribution in [0.4, 0.5) is 4.79 Å². The fourth-order valence-electron chi connectivity index (χ4n) is 2.64. The number of carboxylic acid groups (broad SMARTS) is 1. The van der Waals surface area contributed by atoms with Gasteiger partial charge in [-0.25, -0.2) is 14.8 Å². The van der Waals surface area contributed by atoms with Gasteiger partial charge in [0.2, 0.25) is 11.8 Å². The maximum atomic E-state index is 12.7. The Morgan fingerprint density at radius 1 is 1.36 bits per heavy atom. The van der Waals surface area contributed by atoms with Crippen molar-refractivity contribution in [3.05, 3.63) is 0 Å². The highest BCUT2D eigenvalue weighted by Crippen LogP contribution is 2.29. The van der Waals surface area contributed by atoms with E-state index in [-0.39, 0.29) is 29.1 Å². The smallest absolute Gasteiger partial charge is 0.450 e. The Balaban J connectivity index is 2.20. The Morgan fingerprint density at radius 3 is 2.73 bits per heavy atom. The van der Waals surface area contributed by atoms with Gasteiger partial charge in [-0.05, 0) is 12.8 Å². The monoisotopic (exact) mass is 330 g/mol. The predicted molar refractivity (Wildman–Crippen MR) is 76.6 cm³/mol. The van der Waals surface area contributed by atoms with Crippen LogP contribution < -0.4 is 0 Å². The lowest BCUT2D eigenvalue weighted by molar-refractivity contribution is -0.196. The van der Waals surface area contributed by atoms with Crippen molar-refractivity contribution < 1.29 is 29.0 Å². The van der Waals surface area contributed by atoms with Gasteiger partial charge in [-0.15, -0.1) is 0 Å². The third-order valence-electron chi connectivity index (χ3n) is 3.65. The number of amides is 2. The summed E-state index contributed by atoms with van der Waals surface area (Å²) >= 11 is 1.03. The summed E-state index contributed by atoms with van der Waals surface area (Å²) in [6.45, 7) is 1.79. The Bertz CT molecular complexity index is 497. The highest BCUT2D eigenvalue weighted by molar-refractivity contribution is 8.13. The molecule has 0 unspecified atom stereocenters. The number of hydrogen-bond donors (Lipinski definition) is 1. The Labute approximate surface area is 131 Å². The summed E-state index contributed by atoms with van der Waals surface area (Å²) in [5.41, 5.74) is 0. The molecule has 2 heterocycles. The van der Waals surface area contributed by atoms with Gasteiger partial charge in [-0.1, -0.05) is 11.8 Å². The van der Waals surface area contributed by atoms with E-state index in [0.717, 1.165) is 16.8 Å². The standard InChI is InChI=1S/C13H18N2O6S/c1-8(16)22-7-9-4-5-10(17)14-6-2-3-11(21-13(19)20)15(14)12(9)18/h9,11H,2-7H2,1H3,(H,19,20)/t9-,11+/m1/s1. The van der Waals surface area contributed by atoms with E-state index in [1.807, 2.05) is 0 Å². The average Bonchev–Trinajstić information content (AvgIpc) is 2.56. The van der Waals surface area contributed by atoms with Crippen molar-refractivity contribution in [2.24, 2.45) is 5.92 Å². The molecule has 0 aromatic rings. The van der Waals surface area contributed by atoms with E-state index in [4.69, 9.17) is 9.84 Å². The molecule has 9 heteroatoms. The van der Waals surface area contributed by atoms with Gasteiger partial charge in [0.05, 0.1) is 5.92 Å². The molecule has 0 aromatic carbocycles. The molecule has 2 amide bonds. The third kappa shape index (κ3) is 3.70. The number of nitrogens with zero attached hydrogens (tertiary/aromatic N) is 2. The van der Waals surface area contributed by atoms with Gasteiger partial charge in [-0.2, -0.15) is 0 Å². The third-order valence-corrected chi connectivity index (χ3v) is 4.62. The number of fused-ring (bicyclic) bond motifs is 1. The first-order valence-electron chi connectivity index (χ1n) is 7.06. The lowest BCUT2D eigenvalue weighted by Gasteiger charge is -2.42. The average molecular weight is 330 g/mol. The zero-order valence-electron chi connectivity index (χ0n) is 12.2. The molecule has 8 nitrogen and oxygen atoms in total. The SMILES string of the molecule is CC(=O)SC[C@H]1CCC(=O)N2CCC[C@H](OC(=O)O)N2C1=O. The van der Waals surface area contributed by atoms with Crippen molar-refractivity contribution in [2.75, 3.05) is 12.3 Å². The summed E-state index contributed by atoms with van der Waals surface area (Å²) in [6, 6.07) is 0. The van der Waals surface area contributed by atoms with Gasteiger partial charge in [-0.3, -0.25) is 14.4 Å². The van der Waals surface area contributed by atoms with Crippen molar-refractivity contribution >= 4 is 34.8 Å². The van der Waals surface area contributed by atoms with Gasteiger partial charge in [0.1, 0.15) is 0 Å². The van der Waals surface area contributed by atoms with E-state index < -0.39 is 18.3 Å². The second-order valence-corrected chi connectivity index (χ2v) is 6.42. The summed E-state index contributed by atoms with van der Waals surface area (Å²) in [5, 5.41) is 11.1. The highest BCUT2D eigenvalue weighted by Gasteiger charge is 2.43. The zero-order valence-corrected chi connectivity index (χ0v) is 13.0. The number of carbonyl (C=O) groups is 4. The van der Waals surface area contributed by atoms with Crippen LogP contribution in [-0.2, 0) is 19.1 Å². The van der Waals surface area contributed by atoms with E-state index in [9.17, 15) is 19.2 Å². The fraction of sp³-hybridized carbons (Fsp3) is 0.692. The van der Waals surface area contributed by atoms with Crippen LogP contribution in [0.2, 0.25) is 0 Å². The van der Waals surface area contributed by atoms with Gasteiger partial charge in [0.25, 0.3) is 0 Å². The van der Waals surface area contributed by atoms with E-state index in [1.165, 1.54) is 11.9 Å². The first-order chi connectivity index (χ1) is 10.4. The second kappa shape index (κ2) is 6.99. The minimum Gasteiger partial charge on any atom is -0.450 e. The first kappa shape index (κ1) is 16.6. The largest absolute Gasteiger partial charge is 0.507 e. The Kier molecular flexibility index (Phi) is 5.28. The topological polar surface area (TPSA) is 104 Å². The molecular weight excluding hydrogens is 312 g/mol. The molecule has 0 aromatic heterocycles. The van der Waals surface area contributed by atoms with Crippen molar-refractivity contribution in [3.63, 3.8) is 0 Å². The van der Waals surface area contributed by atoms with Crippen molar-refractivity contribution in [1.29, 1.82) is 0 Å². The van der Waals surface area contributed by atoms with E-state index in [0.29, 0.717) is 25.8 Å². The molecule has 2 aliphatic rings. The number of rotatable bonds is 3. The molecule has 2 atom stereocenters. The normalized spacial score (nSPS) is 25.5. The molecular formula is C13H18N2O6S. The highest BCUT2D eigenvalue weighted by atomic mass is 32.2. The number of hydrogen-bond acceptors (Lipinski definition) is 6. The van der Waals surface area contributed by atoms with Gasteiger partial charge in [0.15, 0.2) is 11.3 Å². The van der Waals surface area contributed by atoms with Crippen LogP contribution in [-0.4, -0.2) is 56.7 Å². The summed E-state index contributed by atoms with van der Waals surface area (Å²) < 4.78 is 4.76. The van der Waals surface area contributed by atoms with Crippen LogP contribution in [0.15, 0.2) is 0 Å². The first-order valence-corrected chi connectivity index (χ1v) is 8.05. The lowest BCUT2D eigenvalue weighted by Crippen LogP contribution is -2.59. The predicted octanol–water partition coefficient (Wildman–Crippen LogP) is 1.06. The molecule has 122 valence electrons. The maximum Gasteiger partial charge on any atom is 0.507 e. The molecule has 2 fully saturated rings. The van der Waals surface area contributed by atoms with Crippen LogP contribution in [0.1, 0.15) is 32.6 Å². The van der Waals surface area contributed by atoms with E-state index in [2.05, 4.69) is 0 Å². The second-order valence-electron chi connectivity index (χ2n) is 5.22. The summed E-state index contributed by atoms with van der Waals surface area (Å²) in [6.07, 6.45) is -0.985. The Hall–Kier alpha value is -1.77. The van der Waals surface area contributed by atoms with E-state index >= 15 is 0 Å². The van der Waals surface area contributed by atoms with Crippen molar-refractivity contribution in [3.8, 4) is 0 Å². The van der Waals surface area contributed by atoms with Crippen LogP contribution in [0.5, 0.6) is 0 Å². The van der Waals surface area contributed by atoms with Crippen molar-refractivity contribution in [2.45, 2.75) is 38.8 Å². The van der Waals surface area contributed by atoms with Crippen LogP contribution >= 0.6 is 11.8 Å². The molecule has 0 aliphatic carbocycles. The minimum atomic E-state index is -1.48. The van der Waals surface area contributed by atoms with Gasteiger partial charge >= 0.3 is 6.16 Å². The number of ether oxygens (including phenoxy) is 1. The fourth-order valence-corrected chi connectivity index (χ4v) is 3.39. The van der Waals surface area contributed by atoms with Crippen LogP contribution in [0, 0.1) is 5.92 Å².